The number of hydrogen-bond donors (Lipinski definition) is 2. The maximum atomic E-state index is 13.8. The molecule has 1 aromatic rings. The Kier molecular flexibility index (Phi) is 10.7. The lowest BCUT2D eigenvalue weighted by molar-refractivity contribution is -0.153. The highest BCUT2D eigenvalue weighted by molar-refractivity contribution is 8.76. The number of hydrogen-bond acceptors (Lipinski definition) is 8. The van der Waals surface area contributed by atoms with Gasteiger partial charge in [-0.3, -0.25) is 14.4 Å². The van der Waals surface area contributed by atoms with Gasteiger partial charge in [0.2, 0.25) is 11.8 Å². The summed E-state index contributed by atoms with van der Waals surface area (Å²) < 4.78 is 5.36. The maximum Gasteiger partial charge on any atom is 0.307 e. The van der Waals surface area contributed by atoms with Crippen molar-refractivity contribution in [3.63, 3.8) is 0 Å². The Morgan fingerprint density at radius 3 is 2.63 bits per heavy atom. The minimum Gasteiger partial charge on any atom is -0.481 e. The number of nitrogens with zero attached hydrogens (tertiary/aromatic N) is 3. The van der Waals surface area contributed by atoms with Crippen LogP contribution in [-0.2, 0) is 19.1 Å². The molecule has 2 saturated heterocycles. The molecule has 2 N–H and O–H groups in total. The SMILES string of the molecule is CC1CN(C(=O)C(CSSc2ccccn2)CC(C(=O)N2CCOCC2)C(C)C(=O)O)C(C)CN1. The summed E-state index contributed by atoms with van der Waals surface area (Å²) in [6.07, 6.45) is 1.92. The fourth-order valence-electron chi connectivity index (χ4n) is 4.39. The molecule has 0 spiro atoms. The van der Waals surface area contributed by atoms with Crippen LogP contribution in [0.5, 0.6) is 0 Å². The summed E-state index contributed by atoms with van der Waals surface area (Å²) in [4.78, 5) is 47.1. The lowest BCUT2D eigenvalue weighted by Crippen LogP contribution is -2.58. The molecule has 11 heteroatoms. The molecule has 5 atom stereocenters. The zero-order chi connectivity index (χ0) is 25.4. The van der Waals surface area contributed by atoms with Gasteiger partial charge in [-0.2, -0.15) is 0 Å². The van der Waals surface area contributed by atoms with Gasteiger partial charge >= 0.3 is 5.97 Å². The summed E-state index contributed by atoms with van der Waals surface area (Å²) in [5.74, 6) is -2.94. The summed E-state index contributed by atoms with van der Waals surface area (Å²) in [6, 6.07) is 5.87. The van der Waals surface area contributed by atoms with E-state index in [0.717, 1.165) is 5.03 Å². The molecule has 0 aliphatic carbocycles. The summed E-state index contributed by atoms with van der Waals surface area (Å²) in [5.41, 5.74) is 0. The average Bonchev–Trinajstić information content (AvgIpc) is 2.87. The van der Waals surface area contributed by atoms with Crippen molar-refractivity contribution in [2.75, 3.05) is 45.1 Å². The van der Waals surface area contributed by atoms with E-state index in [0.29, 0.717) is 45.1 Å². The Labute approximate surface area is 215 Å². The molecular weight excluding hydrogens is 488 g/mol. The number of carboxylic acids is 1. The lowest BCUT2D eigenvalue weighted by atomic mass is 9.83. The second-order valence-corrected chi connectivity index (χ2v) is 11.6. The number of rotatable bonds is 10. The first-order chi connectivity index (χ1) is 16.8. The van der Waals surface area contributed by atoms with Crippen molar-refractivity contribution in [2.24, 2.45) is 17.8 Å². The molecule has 2 fully saturated rings. The van der Waals surface area contributed by atoms with E-state index in [9.17, 15) is 19.5 Å². The number of ether oxygens (including phenoxy) is 1. The molecule has 1 aromatic heterocycles. The van der Waals surface area contributed by atoms with Crippen LogP contribution in [0.15, 0.2) is 29.4 Å². The van der Waals surface area contributed by atoms with Crippen LogP contribution in [0, 0.1) is 17.8 Å². The molecule has 2 aliphatic heterocycles. The number of pyridine rings is 1. The molecule has 5 unspecified atom stereocenters. The number of nitrogens with one attached hydrogen (secondary N) is 1. The number of carboxylic acid groups (broad SMARTS) is 1. The molecule has 0 radical (unpaired) electrons. The predicted octanol–water partition coefficient (Wildman–Crippen LogP) is 2.23. The van der Waals surface area contributed by atoms with Crippen molar-refractivity contribution in [3.8, 4) is 0 Å². The van der Waals surface area contributed by atoms with E-state index in [2.05, 4.69) is 10.3 Å². The van der Waals surface area contributed by atoms with Gasteiger partial charge < -0.3 is 25.0 Å². The van der Waals surface area contributed by atoms with E-state index in [1.54, 1.807) is 18.0 Å². The van der Waals surface area contributed by atoms with Crippen LogP contribution in [0.25, 0.3) is 0 Å². The van der Waals surface area contributed by atoms with E-state index in [1.165, 1.54) is 21.6 Å². The quantitative estimate of drug-likeness (QED) is 0.445. The maximum absolute atomic E-state index is 13.8. The molecule has 2 amide bonds. The van der Waals surface area contributed by atoms with Crippen LogP contribution in [0.1, 0.15) is 27.2 Å². The van der Waals surface area contributed by atoms with Gasteiger partial charge in [-0.05, 0) is 43.2 Å². The van der Waals surface area contributed by atoms with Gasteiger partial charge in [0.25, 0.3) is 0 Å². The summed E-state index contributed by atoms with van der Waals surface area (Å²) in [7, 11) is 3.00. The highest BCUT2D eigenvalue weighted by atomic mass is 33.1. The van der Waals surface area contributed by atoms with Gasteiger partial charge in [0.05, 0.1) is 25.0 Å². The first-order valence-corrected chi connectivity index (χ1v) is 14.4. The van der Waals surface area contributed by atoms with Crippen LogP contribution in [-0.4, -0.2) is 94.9 Å². The van der Waals surface area contributed by atoms with Gasteiger partial charge in [-0.25, -0.2) is 4.98 Å². The molecule has 2 aliphatic rings. The van der Waals surface area contributed by atoms with E-state index in [-0.39, 0.29) is 30.3 Å². The zero-order valence-corrected chi connectivity index (χ0v) is 22.2. The normalized spacial score (nSPS) is 23.4. The number of piperazine rings is 1. The summed E-state index contributed by atoms with van der Waals surface area (Å²) in [5, 5.41) is 14.0. The number of morpholine rings is 1. The van der Waals surface area contributed by atoms with Crippen molar-refractivity contribution < 1.29 is 24.2 Å². The fraction of sp³-hybridized carbons (Fsp3) is 0.667. The van der Waals surface area contributed by atoms with Gasteiger partial charge in [0, 0.05) is 56.1 Å². The molecule has 9 nitrogen and oxygen atoms in total. The molecular formula is C24H36N4O5S2. The van der Waals surface area contributed by atoms with Crippen molar-refractivity contribution in [3.05, 3.63) is 24.4 Å². The fourth-order valence-corrected chi connectivity index (χ4v) is 6.62. The third-order valence-electron chi connectivity index (χ3n) is 6.62. The van der Waals surface area contributed by atoms with Gasteiger partial charge in [-0.15, -0.1) is 0 Å². The van der Waals surface area contributed by atoms with E-state index in [4.69, 9.17) is 4.74 Å². The monoisotopic (exact) mass is 524 g/mol. The molecule has 0 bridgehead atoms. The molecule has 194 valence electrons. The van der Waals surface area contributed by atoms with Gasteiger partial charge in [0.15, 0.2) is 0 Å². The number of amides is 2. The number of aliphatic carboxylic acids is 1. The summed E-state index contributed by atoms with van der Waals surface area (Å²) >= 11 is 0. The molecule has 3 heterocycles. The smallest absolute Gasteiger partial charge is 0.307 e. The Morgan fingerprint density at radius 1 is 1.23 bits per heavy atom. The molecule has 0 saturated carbocycles. The largest absolute Gasteiger partial charge is 0.481 e. The van der Waals surface area contributed by atoms with Crippen LogP contribution in [0.4, 0.5) is 0 Å². The van der Waals surface area contributed by atoms with Gasteiger partial charge in [0.1, 0.15) is 5.03 Å². The number of carbonyl (C=O) groups excluding carboxylic acids is 2. The van der Waals surface area contributed by atoms with Crippen LogP contribution < -0.4 is 5.32 Å². The number of carbonyl (C=O) groups is 3. The molecule has 0 aromatic carbocycles. The zero-order valence-electron chi connectivity index (χ0n) is 20.6. The van der Waals surface area contributed by atoms with Crippen LogP contribution in [0.2, 0.25) is 0 Å². The minimum absolute atomic E-state index is 0.0164. The Morgan fingerprint density at radius 2 is 1.97 bits per heavy atom. The Hall–Kier alpha value is -1.82. The summed E-state index contributed by atoms with van der Waals surface area (Å²) in [6.45, 7) is 8.68. The van der Waals surface area contributed by atoms with E-state index < -0.39 is 23.7 Å². The van der Waals surface area contributed by atoms with Crippen molar-refractivity contribution in [1.82, 2.24) is 20.1 Å². The molecule has 35 heavy (non-hydrogen) atoms. The first kappa shape index (κ1) is 27.8. The predicted molar refractivity (Wildman–Crippen MR) is 137 cm³/mol. The molecule has 3 rings (SSSR count). The van der Waals surface area contributed by atoms with Crippen LogP contribution >= 0.6 is 21.6 Å². The second-order valence-electron chi connectivity index (χ2n) is 9.29. The Balaban J connectivity index is 1.80. The lowest BCUT2D eigenvalue weighted by Gasteiger charge is -2.40. The number of aromatic nitrogens is 1. The minimum atomic E-state index is -1.03. The van der Waals surface area contributed by atoms with Crippen molar-refractivity contribution in [2.45, 2.75) is 44.3 Å². The van der Waals surface area contributed by atoms with Crippen molar-refractivity contribution in [1.29, 1.82) is 0 Å². The highest BCUT2D eigenvalue weighted by Crippen LogP contribution is 2.35. The first-order valence-electron chi connectivity index (χ1n) is 12.1. The third-order valence-corrected chi connectivity index (χ3v) is 8.96. The van der Waals surface area contributed by atoms with Gasteiger partial charge in [-0.1, -0.05) is 23.8 Å². The standard InChI is InChI=1S/C24H36N4O5S2/c1-16-14-28(17(2)13-26-16)22(29)19(15-34-35-21-6-4-5-7-25-21)12-20(18(3)24(31)32)23(30)27-8-10-33-11-9-27/h4-7,16-20,26H,8-15H2,1-3H3,(H,31,32). The average molecular weight is 525 g/mol. The Bertz CT molecular complexity index is 856. The third kappa shape index (κ3) is 7.83. The van der Waals surface area contributed by atoms with Crippen molar-refractivity contribution >= 4 is 39.4 Å². The van der Waals surface area contributed by atoms with E-state index in [1.807, 2.05) is 36.9 Å². The topological polar surface area (TPSA) is 112 Å². The second kappa shape index (κ2) is 13.5. The van der Waals surface area contributed by atoms with E-state index >= 15 is 0 Å². The highest BCUT2D eigenvalue weighted by Gasteiger charge is 2.39. The van der Waals surface area contributed by atoms with Crippen LogP contribution in [0.3, 0.4) is 0 Å².